The summed E-state index contributed by atoms with van der Waals surface area (Å²) in [6.07, 6.45) is 0.451. The molecule has 0 aromatic heterocycles. The number of methoxy groups -OCH3 is 1. The first-order valence-corrected chi connectivity index (χ1v) is 9.57. The van der Waals surface area contributed by atoms with E-state index in [2.05, 4.69) is 33.3 Å². The van der Waals surface area contributed by atoms with Crippen LogP contribution in [-0.4, -0.2) is 57.2 Å². The molecule has 0 bridgehead atoms. The molecule has 5 heteroatoms. The van der Waals surface area contributed by atoms with Crippen molar-refractivity contribution in [3.63, 3.8) is 0 Å². The zero-order valence-electron chi connectivity index (χ0n) is 16.3. The minimum Gasteiger partial charge on any atom is -0.497 e. The second-order valence-corrected chi connectivity index (χ2v) is 7.04. The van der Waals surface area contributed by atoms with Crippen LogP contribution in [-0.2, 0) is 11.2 Å². The number of amides is 1. The van der Waals surface area contributed by atoms with Gasteiger partial charge in [0.05, 0.1) is 13.5 Å². The van der Waals surface area contributed by atoms with E-state index in [0.717, 1.165) is 44.0 Å². The molecule has 1 amide bonds. The molecule has 1 heterocycles. The van der Waals surface area contributed by atoms with Gasteiger partial charge in [0.1, 0.15) is 5.75 Å². The number of nitrogens with zero attached hydrogens (tertiary/aromatic N) is 2. The largest absolute Gasteiger partial charge is 0.497 e. The molecule has 1 saturated heterocycles. The molecule has 2 aromatic carbocycles. The molecule has 0 saturated carbocycles. The van der Waals surface area contributed by atoms with E-state index in [0.29, 0.717) is 13.0 Å². The fourth-order valence-corrected chi connectivity index (χ4v) is 3.45. The molecule has 1 N–H and O–H groups in total. The number of ether oxygens (including phenoxy) is 1. The van der Waals surface area contributed by atoms with E-state index in [1.807, 2.05) is 37.3 Å². The van der Waals surface area contributed by atoms with Crippen molar-refractivity contribution in [1.29, 1.82) is 0 Å². The molecule has 144 valence electrons. The number of hydrogen-bond acceptors (Lipinski definition) is 4. The summed E-state index contributed by atoms with van der Waals surface area (Å²) in [7, 11) is 1.69. The van der Waals surface area contributed by atoms with Crippen LogP contribution in [0.2, 0.25) is 0 Å². The molecule has 1 fully saturated rings. The molecule has 0 radical (unpaired) electrons. The molecule has 27 heavy (non-hydrogen) atoms. The normalized spacial score (nSPS) is 14.8. The topological polar surface area (TPSA) is 44.8 Å². The average molecular weight is 367 g/mol. The zero-order chi connectivity index (χ0) is 19.1. The van der Waals surface area contributed by atoms with Gasteiger partial charge in [-0.2, -0.15) is 0 Å². The molecule has 1 aliphatic rings. The summed E-state index contributed by atoms with van der Waals surface area (Å²) in [6.45, 7) is 7.68. The number of benzene rings is 2. The second-order valence-electron chi connectivity index (χ2n) is 7.04. The number of anilines is 1. The minimum atomic E-state index is 0.0949. The Hall–Kier alpha value is -2.53. The monoisotopic (exact) mass is 367 g/mol. The van der Waals surface area contributed by atoms with Gasteiger partial charge in [0, 0.05) is 45.0 Å². The van der Waals surface area contributed by atoms with Crippen LogP contribution in [0.25, 0.3) is 0 Å². The van der Waals surface area contributed by atoms with Crippen molar-refractivity contribution in [2.75, 3.05) is 51.3 Å². The van der Waals surface area contributed by atoms with Crippen LogP contribution in [0.15, 0.2) is 48.5 Å². The third-order valence-corrected chi connectivity index (χ3v) is 5.01. The molecule has 0 aliphatic carbocycles. The zero-order valence-corrected chi connectivity index (χ0v) is 16.3. The highest BCUT2D eigenvalue weighted by Gasteiger charge is 2.17. The fraction of sp³-hybridized carbons (Fsp3) is 0.409. The van der Waals surface area contributed by atoms with Crippen LogP contribution in [0, 0.1) is 6.92 Å². The molecule has 0 atom stereocenters. The van der Waals surface area contributed by atoms with Crippen molar-refractivity contribution in [3.8, 4) is 5.75 Å². The van der Waals surface area contributed by atoms with Crippen molar-refractivity contribution in [3.05, 3.63) is 59.7 Å². The molecule has 1 aliphatic heterocycles. The highest BCUT2D eigenvalue weighted by molar-refractivity contribution is 5.78. The molecule has 0 unspecified atom stereocenters. The number of nitrogens with one attached hydrogen (secondary N) is 1. The summed E-state index contributed by atoms with van der Waals surface area (Å²) in [4.78, 5) is 16.9. The Morgan fingerprint density at radius 3 is 2.48 bits per heavy atom. The Labute approximate surface area is 161 Å². The Morgan fingerprint density at radius 1 is 1.07 bits per heavy atom. The van der Waals surface area contributed by atoms with Crippen LogP contribution < -0.4 is 15.0 Å². The molecule has 5 nitrogen and oxygen atoms in total. The lowest BCUT2D eigenvalue weighted by atomic mass is 10.1. The summed E-state index contributed by atoms with van der Waals surface area (Å²) in [5, 5.41) is 3.05. The average Bonchev–Trinajstić information content (AvgIpc) is 2.69. The van der Waals surface area contributed by atoms with Crippen molar-refractivity contribution >= 4 is 11.6 Å². The maximum atomic E-state index is 12.1. The first-order chi connectivity index (χ1) is 13.1. The van der Waals surface area contributed by atoms with Gasteiger partial charge in [0.2, 0.25) is 5.91 Å². The van der Waals surface area contributed by atoms with Gasteiger partial charge in [-0.05, 0) is 36.8 Å². The third-order valence-electron chi connectivity index (χ3n) is 5.01. The van der Waals surface area contributed by atoms with Gasteiger partial charge in [-0.3, -0.25) is 9.69 Å². The van der Waals surface area contributed by atoms with E-state index in [1.165, 1.54) is 11.3 Å². The van der Waals surface area contributed by atoms with Crippen LogP contribution in [0.3, 0.4) is 0 Å². The van der Waals surface area contributed by atoms with E-state index in [1.54, 1.807) is 7.11 Å². The predicted molar refractivity (Wildman–Crippen MR) is 110 cm³/mol. The van der Waals surface area contributed by atoms with E-state index in [4.69, 9.17) is 4.74 Å². The predicted octanol–water partition coefficient (Wildman–Crippen LogP) is 2.48. The van der Waals surface area contributed by atoms with Crippen LogP contribution in [0.4, 0.5) is 5.69 Å². The number of rotatable bonds is 7. The molecule has 3 rings (SSSR count). The minimum absolute atomic E-state index is 0.0949. The number of carbonyl (C=O) groups is 1. The first-order valence-electron chi connectivity index (χ1n) is 9.57. The standard InChI is InChI=1S/C22H29N3O2/c1-18-4-3-5-19(16-18)17-22(26)23-10-11-24-12-14-25(15-13-24)20-6-8-21(27-2)9-7-20/h3-9,16H,10-15,17H2,1-2H3,(H,23,26). The maximum absolute atomic E-state index is 12.1. The number of aryl methyl sites for hydroxylation is 1. The summed E-state index contributed by atoms with van der Waals surface area (Å²) >= 11 is 0. The van der Waals surface area contributed by atoms with Gasteiger partial charge >= 0.3 is 0 Å². The van der Waals surface area contributed by atoms with Gasteiger partial charge in [0.15, 0.2) is 0 Å². The maximum Gasteiger partial charge on any atom is 0.224 e. The number of hydrogen-bond donors (Lipinski definition) is 1. The lowest BCUT2D eigenvalue weighted by molar-refractivity contribution is -0.120. The summed E-state index contributed by atoms with van der Waals surface area (Å²) in [5.74, 6) is 0.983. The quantitative estimate of drug-likeness (QED) is 0.817. The van der Waals surface area contributed by atoms with Crippen molar-refractivity contribution < 1.29 is 9.53 Å². The van der Waals surface area contributed by atoms with Crippen molar-refractivity contribution in [2.24, 2.45) is 0 Å². The molecule has 2 aromatic rings. The summed E-state index contributed by atoms with van der Waals surface area (Å²) < 4.78 is 5.22. The van der Waals surface area contributed by atoms with Gasteiger partial charge in [-0.15, -0.1) is 0 Å². The Kier molecular flexibility index (Phi) is 6.71. The number of carbonyl (C=O) groups excluding carboxylic acids is 1. The third kappa shape index (κ3) is 5.73. The summed E-state index contributed by atoms with van der Waals surface area (Å²) in [6, 6.07) is 16.4. The first kappa shape index (κ1) is 19.2. The summed E-state index contributed by atoms with van der Waals surface area (Å²) in [5.41, 5.74) is 3.50. The van der Waals surface area contributed by atoms with E-state index < -0.39 is 0 Å². The van der Waals surface area contributed by atoms with Gasteiger partial charge < -0.3 is 15.0 Å². The highest BCUT2D eigenvalue weighted by Crippen LogP contribution is 2.20. The van der Waals surface area contributed by atoms with Gasteiger partial charge in [-0.1, -0.05) is 29.8 Å². The van der Waals surface area contributed by atoms with E-state index in [9.17, 15) is 4.79 Å². The second kappa shape index (κ2) is 9.42. The van der Waals surface area contributed by atoms with Gasteiger partial charge in [0.25, 0.3) is 0 Å². The molecule has 0 spiro atoms. The van der Waals surface area contributed by atoms with E-state index in [-0.39, 0.29) is 5.91 Å². The number of piperazine rings is 1. The highest BCUT2D eigenvalue weighted by atomic mass is 16.5. The van der Waals surface area contributed by atoms with Crippen LogP contribution >= 0.6 is 0 Å². The fourth-order valence-electron chi connectivity index (χ4n) is 3.45. The van der Waals surface area contributed by atoms with Crippen LogP contribution in [0.5, 0.6) is 5.75 Å². The lowest BCUT2D eigenvalue weighted by Gasteiger charge is -2.36. The lowest BCUT2D eigenvalue weighted by Crippen LogP contribution is -2.48. The SMILES string of the molecule is COc1ccc(N2CCN(CCNC(=O)Cc3cccc(C)c3)CC2)cc1. The van der Waals surface area contributed by atoms with Crippen LogP contribution in [0.1, 0.15) is 11.1 Å². The van der Waals surface area contributed by atoms with Crippen molar-refractivity contribution in [1.82, 2.24) is 10.2 Å². The smallest absolute Gasteiger partial charge is 0.224 e. The Morgan fingerprint density at radius 2 is 1.81 bits per heavy atom. The van der Waals surface area contributed by atoms with Crippen molar-refractivity contribution in [2.45, 2.75) is 13.3 Å². The van der Waals surface area contributed by atoms with E-state index >= 15 is 0 Å². The Balaban J connectivity index is 1.36. The Bertz CT molecular complexity index is 737. The van der Waals surface area contributed by atoms with Gasteiger partial charge in [-0.25, -0.2) is 0 Å². The molecular weight excluding hydrogens is 338 g/mol. The molecular formula is C22H29N3O2.